The number of halogens is 5. The monoisotopic (exact) mass is 483 g/mol. The summed E-state index contributed by atoms with van der Waals surface area (Å²) in [7, 11) is 0. The lowest BCUT2D eigenvalue weighted by molar-refractivity contribution is -0.153. The molecule has 0 unspecified atom stereocenters. The van der Waals surface area contributed by atoms with Crippen molar-refractivity contribution in [3.8, 4) is 5.75 Å². The minimum absolute atomic E-state index is 0.0264. The van der Waals surface area contributed by atoms with Crippen molar-refractivity contribution in [1.29, 1.82) is 0 Å². The summed E-state index contributed by atoms with van der Waals surface area (Å²) in [6.07, 6.45) is -3.03. The average molecular weight is 483 g/mol. The van der Waals surface area contributed by atoms with Crippen LogP contribution in [0.3, 0.4) is 0 Å². The quantitative estimate of drug-likeness (QED) is 0.296. The van der Waals surface area contributed by atoms with Gasteiger partial charge in [-0.15, -0.1) is 11.8 Å². The lowest BCUT2D eigenvalue weighted by atomic mass is 10.2. The summed E-state index contributed by atoms with van der Waals surface area (Å²) >= 11 is 1.40. The van der Waals surface area contributed by atoms with Gasteiger partial charge in [-0.25, -0.2) is 13.6 Å². The van der Waals surface area contributed by atoms with Crippen molar-refractivity contribution in [2.24, 2.45) is 0 Å². The minimum Gasteiger partial charge on any atom is -0.484 e. The number of urea groups is 1. The van der Waals surface area contributed by atoms with E-state index in [0.29, 0.717) is 28.8 Å². The second-order valence-electron chi connectivity index (χ2n) is 6.83. The van der Waals surface area contributed by atoms with Crippen LogP contribution < -0.4 is 15.4 Å². The van der Waals surface area contributed by atoms with Crippen LogP contribution in [0, 0.1) is 18.6 Å². The van der Waals surface area contributed by atoms with Gasteiger partial charge in [-0.2, -0.15) is 13.2 Å². The molecule has 0 radical (unpaired) electrons. The number of rotatable bonds is 7. The number of benzene rings is 2. The predicted molar refractivity (Wildman–Crippen MR) is 116 cm³/mol. The molecule has 33 heavy (non-hydrogen) atoms. The summed E-state index contributed by atoms with van der Waals surface area (Å²) in [6, 6.07) is 10.1. The van der Waals surface area contributed by atoms with E-state index in [1.807, 2.05) is 0 Å². The number of anilines is 2. The third kappa shape index (κ3) is 7.63. The Kier molecular flexibility index (Phi) is 7.75. The van der Waals surface area contributed by atoms with Gasteiger partial charge in [0.25, 0.3) is 0 Å². The van der Waals surface area contributed by atoms with Crippen LogP contribution in [-0.2, 0) is 5.75 Å². The van der Waals surface area contributed by atoms with Crippen molar-refractivity contribution in [3.05, 3.63) is 77.6 Å². The number of alkyl halides is 3. The number of pyridine rings is 1. The summed E-state index contributed by atoms with van der Waals surface area (Å²) < 4.78 is 68.4. The zero-order chi connectivity index (χ0) is 24.0. The number of amides is 2. The Bertz CT molecular complexity index is 1100. The first-order valence-corrected chi connectivity index (χ1v) is 10.5. The van der Waals surface area contributed by atoms with Gasteiger partial charge in [-0.1, -0.05) is 0 Å². The number of aromatic nitrogens is 1. The molecule has 3 rings (SSSR count). The van der Waals surface area contributed by atoms with Crippen LogP contribution in [0.1, 0.15) is 11.3 Å². The van der Waals surface area contributed by atoms with E-state index >= 15 is 0 Å². The van der Waals surface area contributed by atoms with Gasteiger partial charge < -0.3 is 15.4 Å². The Balaban J connectivity index is 1.55. The molecule has 0 aliphatic rings. The normalized spacial score (nSPS) is 11.2. The average Bonchev–Trinajstić information content (AvgIpc) is 2.71. The molecule has 0 aliphatic carbocycles. The molecule has 5 nitrogen and oxygen atoms in total. The van der Waals surface area contributed by atoms with Gasteiger partial charge >= 0.3 is 12.2 Å². The van der Waals surface area contributed by atoms with E-state index < -0.39 is 30.4 Å². The Morgan fingerprint density at radius 1 is 1.00 bits per heavy atom. The van der Waals surface area contributed by atoms with E-state index in [4.69, 9.17) is 4.74 Å². The van der Waals surface area contributed by atoms with Gasteiger partial charge in [-0.3, -0.25) is 4.98 Å². The first-order valence-electron chi connectivity index (χ1n) is 9.50. The third-order valence-electron chi connectivity index (χ3n) is 4.26. The van der Waals surface area contributed by atoms with Gasteiger partial charge in [0.2, 0.25) is 0 Å². The number of carbonyl (C=O) groups is 1. The van der Waals surface area contributed by atoms with Crippen LogP contribution in [-0.4, -0.2) is 23.8 Å². The molecule has 174 valence electrons. The summed E-state index contributed by atoms with van der Waals surface area (Å²) in [4.78, 5) is 17.1. The standard InChI is InChI=1S/C22H18F5N3O2S/c1-13-19(28-7-6-20(13)32-12-22(25,26)27)11-33-18-4-2-16(3-5-18)29-21(31)30-17-9-14(23)8-15(24)10-17/h2-10H,11-12H2,1H3,(H2,29,30,31). The number of thioether (sulfide) groups is 1. The van der Waals surface area contributed by atoms with Gasteiger partial charge in [0.15, 0.2) is 6.61 Å². The van der Waals surface area contributed by atoms with Crippen molar-refractivity contribution in [2.75, 3.05) is 17.2 Å². The first kappa shape index (κ1) is 24.3. The summed E-state index contributed by atoms with van der Waals surface area (Å²) in [5.74, 6) is -1.10. The predicted octanol–water partition coefficient (Wildman–Crippen LogP) is 6.55. The Hall–Kier alpha value is -3.34. The second-order valence-corrected chi connectivity index (χ2v) is 7.88. The maximum atomic E-state index is 13.2. The lowest BCUT2D eigenvalue weighted by Gasteiger charge is -2.13. The molecule has 1 heterocycles. The molecule has 2 amide bonds. The van der Waals surface area contributed by atoms with Crippen LogP contribution in [0.4, 0.5) is 38.1 Å². The van der Waals surface area contributed by atoms with Gasteiger partial charge in [0.1, 0.15) is 17.4 Å². The fourth-order valence-corrected chi connectivity index (χ4v) is 3.65. The van der Waals surface area contributed by atoms with Crippen molar-refractivity contribution in [1.82, 2.24) is 4.98 Å². The van der Waals surface area contributed by atoms with E-state index in [9.17, 15) is 26.7 Å². The topological polar surface area (TPSA) is 63.2 Å². The molecule has 0 saturated heterocycles. The van der Waals surface area contributed by atoms with E-state index in [1.54, 1.807) is 31.2 Å². The summed E-state index contributed by atoms with van der Waals surface area (Å²) in [6.45, 7) is 0.269. The van der Waals surface area contributed by atoms with E-state index in [0.717, 1.165) is 17.0 Å². The number of hydrogen-bond acceptors (Lipinski definition) is 4. The van der Waals surface area contributed by atoms with Crippen LogP contribution in [0.25, 0.3) is 0 Å². The molecule has 0 fully saturated rings. The lowest BCUT2D eigenvalue weighted by Crippen LogP contribution is -2.19. The highest BCUT2D eigenvalue weighted by atomic mass is 32.2. The summed E-state index contributed by atoms with van der Waals surface area (Å²) in [5.41, 5.74) is 1.54. The van der Waals surface area contributed by atoms with Gasteiger partial charge in [-0.05, 0) is 49.4 Å². The number of ether oxygens (including phenoxy) is 1. The fourth-order valence-electron chi connectivity index (χ4n) is 2.73. The molecule has 11 heteroatoms. The molecular formula is C22H18F5N3O2S. The zero-order valence-electron chi connectivity index (χ0n) is 17.2. The van der Waals surface area contributed by atoms with Crippen molar-refractivity contribution < 1.29 is 31.5 Å². The highest BCUT2D eigenvalue weighted by Gasteiger charge is 2.28. The summed E-state index contributed by atoms with van der Waals surface area (Å²) in [5, 5.41) is 4.89. The smallest absolute Gasteiger partial charge is 0.422 e. The number of hydrogen-bond donors (Lipinski definition) is 2. The number of carbonyl (C=O) groups excluding carboxylic acids is 1. The maximum absolute atomic E-state index is 13.2. The molecule has 2 N–H and O–H groups in total. The molecule has 0 spiro atoms. The highest BCUT2D eigenvalue weighted by molar-refractivity contribution is 7.98. The molecule has 0 atom stereocenters. The van der Waals surface area contributed by atoms with E-state index in [-0.39, 0.29) is 11.4 Å². The molecule has 0 bridgehead atoms. The largest absolute Gasteiger partial charge is 0.484 e. The van der Waals surface area contributed by atoms with Crippen LogP contribution >= 0.6 is 11.8 Å². The van der Waals surface area contributed by atoms with Gasteiger partial charge in [0, 0.05) is 39.8 Å². The van der Waals surface area contributed by atoms with Crippen LogP contribution in [0.5, 0.6) is 5.75 Å². The highest BCUT2D eigenvalue weighted by Crippen LogP contribution is 2.29. The molecular weight excluding hydrogens is 465 g/mol. The van der Waals surface area contributed by atoms with Crippen molar-refractivity contribution in [3.63, 3.8) is 0 Å². The number of nitrogens with one attached hydrogen (secondary N) is 2. The second kappa shape index (κ2) is 10.5. The molecule has 3 aromatic rings. The molecule has 2 aromatic carbocycles. The zero-order valence-corrected chi connectivity index (χ0v) is 18.0. The van der Waals surface area contributed by atoms with Gasteiger partial charge in [0.05, 0.1) is 5.69 Å². The fraction of sp³-hybridized carbons (Fsp3) is 0.182. The molecule has 0 aliphatic heterocycles. The maximum Gasteiger partial charge on any atom is 0.422 e. The first-order chi connectivity index (χ1) is 15.6. The Morgan fingerprint density at radius 2 is 1.64 bits per heavy atom. The van der Waals surface area contributed by atoms with E-state index in [2.05, 4.69) is 15.6 Å². The third-order valence-corrected chi connectivity index (χ3v) is 5.28. The Morgan fingerprint density at radius 3 is 2.27 bits per heavy atom. The van der Waals surface area contributed by atoms with Crippen molar-refractivity contribution >= 4 is 29.2 Å². The van der Waals surface area contributed by atoms with Crippen LogP contribution in [0.2, 0.25) is 0 Å². The van der Waals surface area contributed by atoms with E-state index in [1.165, 1.54) is 24.0 Å². The SMILES string of the molecule is Cc1c(OCC(F)(F)F)ccnc1CSc1ccc(NC(=O)Nc2cc(F)cc(F)c2)cc1. The van der Waals surface area contributed by atoms with Crippen molar-refractivity contribution in [2.45, 2.75) is 23.7 Å². The van der Waals surface area contributed by atoms with Crippen LogP contribution in [0.15, 0.2) is 59.6 Å². The molecule has 0 saturated carbocycles. The molecule has 1 aromatic heterocycles. The number of nitrogens with zero attached hydrogens (tertiary/aromatic N) is 1. The Labute approximate surface area is 190 Å². The minimum atomic E-state index is -4.43.